The van der Waals surface area contributed by atoms with E-state index in [0.717, 1.165) is 38.5 Å². The lowest BCUT2D eigenvalue weighted by Crippen LogP contribution is -2.37. The summed E-state index contributed by atoms with van der Waals surface area (Å²) in [4.78, 5) is 48.1. The van der Waals surface area contributed by atoms with Crippen LogP contribution in [0.4, 0.5) is 0 Å². The molecule has 0 amide bonds. The molecule has 0 radical (unpaired) electrons. The van der Waals surface area contributed by atoms with E-state index in [1.165, 1.54) is 96.3 Å². The molecule has 370 valence electrons. The van der Waals surface area contributed by atoms with Gasteiger partial charge in [-0.05, 0) is 69.8 Å². The minimum absolute atomic E-state index is 0.00509. The Morgan fingerprint density at radius 3 is 1.84 bits per heavy atom. The van der Waals surface area contributed by atoms with Crippen molar-refractivity contribution < 1.29 is 52.0 Å². The lowest BCUT2D eigenvalue weighted by molar-refractivity contribution is -0.870. The van der Waals surface area contributed by atoms with Crippen molar-refractivity contribution in [1.29, 1.82) is 0 Å². The number of carbonyl (C=O) groups excluding carboxylic acids is 3. The van der Waals surface area contributed by atoms with Crippen LogP contribution in [0, 0.1) is 11.8 Å². The summed E-state index contributed by atoms with van der Waals surface area (Å²) in [5, 5.41) is 10.2. The van der Waals surface area contributed by atoms with Crippen LogP contribution >= 0.6 is 7.82 Å². The highest BCUT2D eigenvalue weighted by molar-refractivity contribution is 7.47. The second-order valence-corrected chi connectivity index (χ2v) is 20.3. The molecule has 2 N–H and O–H groups in total. The van der Waals surface area contributed by atoms with Crippen molar-refractivity contribution in [3.63, 3.8) is 0 Å². The number of phosphoric acid groups is 1. The van der Waals surface area contributed by atoms with Crippen molar-refractivity contribution in [1.82, 2.24) is 0 Å². The van der Waals surface area contributed by atoms with E-state index in [4.69, 9.17) is 18.5 Å². The summed E-state index contributed by atoms with van der Waals surface area (Å²) < 4.78 is 34.4. The minimum atomic E-state index is -4.44. The fourth-order valence-electron chi connectivity index (χ4n) is 7.47. The van der Waals surface area contributed by atoms with Crippen LogP contribution in [0.25, 0.3) is 0 Å². The maximum absolute atomic E-state index is 12.8. The van der Waals surface area contributed by atoms with Gasteiger partial charge in [0.25, 0.3) is 0 Å². The van der Waals surface area contributed by atoms with E-state index in [0.29, 0.717) is 43.1 Å². The molecule has 12 heteroatoms. The number of hydrogen-bond donors (Lipinski definition) is 2. The third-order valence-electron chi connectivity index (χ3n) is 11.6. The van der Waals surface area contributed by atoms with E-state index in [-0.39, 0.29) is 43.7 Å². The number of unbranched alkanes of at least 4 members (excludes halogenated alkanes) is 20. The van der Waals surface area contributed by atoms with E-state index < -0.39 is 38.6 Å². The topological polar surface area (TPSA) is 146 Å². The van der Waals surface area contributed by atoms with Crippen molar-refractivity contribution in [2.24, 2.45) is 11.8 Å². The zero-order valence-electron chi connectivity index (χ0n) is 41.1. The smallest absolute Gasteiger partial charge is 0.462 e. The maximum Gasteiger partial charge on any atom is 0.472 e. The van der Waals surface area contributed by atoms with Crippen LogP contribution in [0.1, 0.15) is 194 Å². The molecule has 64 heavy (non-hydrogen) atoms. The van der Waals surface area contributed by atoms with Gasteiger partial charge in [-0.15, -0.1) is 0 Å². The zero-order valence-corrected chi connectivity index (χ0v) is 42.0. The maximum atomic E-state index is 12.8. The molecule has 1 unspecified atom stereocenters. The number of esters is 2. The quantitative estimate of drug-likeness (QED) is 0.0199. The molecule has 1 aliphatic carbocycles. The Labute approximate surface area is 390 Å². The number of aliphatic hydroxyl groups is 1. The molecule has 0 aromatic carbocycles. The number of rotatable bonds is 43. The number of allylic oxidation sites excluding steroid dienone is 7. The Morgan fingerprint density at radius 2 is 1.23 bits per heavy atom. The molecular weight excluding hydrogens is 830 g/mol. The highest BCUT2D eigenvalue weighted by Crippen LogP contribution is 2.43. The zero-order chi connectivity index (χ0) is 47.2. The van der Waals surface area contributed by atoms with Crippen LogP contribution in [-0.2, 0) is 37.5 Å². The Kier molecular flexibility index (Phi) is 36.0. The number of phosphoric ester groups is 1. The highest BCUT2D eigenvalue weighted by atomic mass is 31.2. The third-order valence-corrected chi connectivity index (χ3v) is 12.6. The lowest BCUT2D eigenvalue weighted by atomic mass is 9.90. The molecule has 5 atom stereocenters. The van der Waals surface area contributed by atoms with E-state index in [1.807, 2.05) is 45.4 Å². The standard InChI is InChI=1S/C52H92NO10P/c1-6-8-10-11-12-13-14-15-16-17-18-19-20-21-22-23-24-25-26-27-32-36-51(56)60-44-48(45-62-64(58,59)61-43-42-53(3,4)5)63-52(57)37-33-29-28-31-34-46-38-41-50(55)49(46)40-39-47(54)35-30-9-7-2/h15-16,28,31,38-41,46-49,54H,6-14,17-27,29-30,32-37,42-45H2,1-5H3/p+1/b16-15-,31-28-,40-39+/t46-,47-,48+,49+/m0/s1. The third kappa shape index (κ3) is 35.8. The first kappa shape index (κ1) is 59.6. The van der Waals surface area contributed by atoms with Crippen LogP contribution in [0.2, 0.25) is 0 Å². The lowest BCUT2D eigenvalue weighted by Gasteiger charge is -2.24. The van der Waals surface area contributed by atoms with Gasteiger partial charge in [-0.3, -0.25) is 23.4 Å². The molecule has 0 saturated carbocycles. The van der Waals surface area contributed by atoms with Gasteiger partial charge >= 0.3 is 19.8 Å². The first-order valence-corrected chi connectivity index (χ1v) is 26.9. The second kappa shape index (κ2) is 38.7. The van der Waals surface area contributed by atoms with Crippen molar-refractivity contribution in [2.45, 2.75) is 206 Å². The monoisotopic (exact) mass is 923 g/mol. The average Bonchev–Trinajstić information content (AvgIpc) is 3.60. The molecule has 1 rings (SSSR count). The Balaban J connectivity index is 2.36. The van der Waals surface area contributed by atoms with Crippen molar-refractivity contribution in [3.8, 4) is 0 Å². The number of ketones is 1. The molecule has 0 bridgehead atoms. The van der Waals surface area contributed by atoms with Gasteiger partial charge in [-0.2, -0.15) is 0 Å². The first-order chi connectivity index (χ1) is 30.8. The van der Waals surface area contributed by atoms with Crippen LogP contribution in [-0.4, -0.2) is 91.9 Å². The molecule has 0 heterocycles. The Morgan fingerprint density at radius 1 is 0.703 bits per heavy atom. The van der Waals surface area contributed by atoms with Crippen molar-refractivity contribution in [3.05, 3.63) is 48.6 Å². The molecule has 1 aliphatic rings. The number of nitrogens with zero attached hydrogens (tertiary/aromatic N) is 1. The van der Waals surface area contributed by atoms with E-state index in [2.05, 4.69) is 26.0 Å². The fraction of sp³-hybridized carbons (Fsp3) is 0.788. The van der Waals surface area contributed by atoms with Crippen LogP contribution < -0.4 is 0 Å². The predicted molar refractivity (Wildman–Crippen MR) is 261 cm³/mol. The summed E-state index contributed by atoms with van der Waals surface area (Å²) in [5.41, 5.74) is 0. The van der Waals surface area contributed by atoms with Gasteiger partial charge < -0.3 is 24.0 Å². The average molecular weight is 923 g/mol. The van der Waals surface area contributed by atoms with E-state index in [1.54, 1.807) is 12.2 Å². The highest BCUT2D eigenvalue weighted by Gasteiger charge is 2.28. The molecule has 0 saturated heterocycles. The predicted octanol–water partition coefficient (Wildman–Crippen LogP) is 12.6. The van der Waals surface area contributed by atoms with Gasteiger partial charge in [0.05, 0.1) is 33.9 Å². The molecule has 0 aromatic rings. The summed E-state index contributed by atoms with van der Waals surface area (Å²) in [6.07, 6.45) is 43.6. The summed E-state index contributed by atoms with van der Waals surface area (Å²) in [5.74, 6) is -1.17. The number of carbonyl (C=O) groups is 3. The van der Waals surface area contributed by atoms with E-state index >= 15 is 0 Å². The Bertz CT molecular complexity index is 1370. The summed E-state index contributed by atoms with van der Waals surface area (Å²) in [7, 11) is 1.35. The number of quaternary nitrogens is 1. The molecule has 0 aromatic heterocycles. The minimum Gasteiger partial charge on any atom is -0.462 e. The van der Waals surface area contributed by atoms with E-state index in [9.17, 15) is 28.9 Å². The van der Waals surface area contributed by atoms with Gasteiger partial charge in [0, 0.05) is 18.8 Å². The number of likely N-dealkylation sites (N-methyl/N-ethyl adjacent to an activating group) is 1. The van der Waals surface area contributed by atoms with Crippen LogP contribution in [0.3, 0.4) is 0 Å². The van der Waals surface area contributed by atoms with Crippen LogP contribution in [0.5, 0.6) is 0 Å². The first-order valence-electron chi connectivity index (χ1n) is 25.4. The Hall–Kier alpha value is -2.40. The van der Waals surface area contributed by atoms with Gasteiger partial charge in [0.2, 0.25) is 0 Å². The van der Waals surface area contributed by atoms with Crippen LogP contribution in [0.15, 0.2) is 48.6 Å². The fourth-order valence-corrected chi connectivity index (χ4v) is 8.21. The number of ether oxygens (including phenoxy) is 2. The molecule has 0 spiro atoms. The number of hydrogen-bond acceptors (Lipinski definition) is 9. The molecule has 0 fully saturated rings. The second-order valence-electron chi connectivity index (χ2n) is 18.9. The van der Waals surface area contributed by atoms with Crippen molar-refractivity contribution in [2.75, 3.05) is 47.5 Å². The summed E-state index contributed by atoms with van der Waals surface area (Å²) >= 11 is 0. The van der Waals surface area contributed by atoms with Gasteiger partial charge in [0.1, 0.15) is 19.8 Å². The molecular formula is C52H93NO10P+. The molecule has 11 nitrogen and oxygen atoms in total. The van der Waals surface area contributed by atoms with Crippen molar-refractivity contribution >= 4 is 25.5 Å². The van der Waals surface area contributed by atoms with Gasteiger partial charge in [-0.1, -0.05) is 166 Å². The normalized spacial score (nSPS) is 17.5. The summed E-state index contributed by atoms with van der Waals surface area (Å²) in [6.45, 7) is 4.10. The SMILES string of the molecule is CCCCCCCC/C=C\CCCCCCCCCCCCCC(=O)OC[C@H](COP(=O)(O)OCC[N+](C)(C)C)OC(=O)CCC/C=C\C[C@H]1C=CC(=O)[C@@H]1/C=C/[C@@H](O)CCCCC. The van der Waals surface area contributed by atoms with Gasteiger partial charge in [-0.25, -0.2) is 4.57 Å². The largest absolute Gasteiger partial charge is 0.472 e. The van der Waals surface area contributed by atoms with Gasteiger partial charge in [0.15, 0.2) is 11.9 Å². The number of aliphatic hydroxyl groups excluding tert-OH is 1. The molecule has 0 aliphatic heterocycles. The summed E-state index contributed by atoms with van der Waals surface area (Å²) in [6, 6.07) is 0.